The van der Waals surface area contributed by atoms with Gasteiger partial charge < -0.3 is 10.0 Å². The van der Waals surface area contributed by atoms with Crippen LogP contribution < -0.4 is 0 Å². The van der Waals surface area contributed by atoms with Crippen molar-refractivity contribution in [1.29, 1.82) is 0 Å². The fourth-order valence-electron chi connectivity index (χ4n) is 3.46. The maximum absolute atomic E-state index is 12.9. The molecule has 1 amide bonds. The third kappa shape index (κ3) is 3.27. The molecule has 6 nitrogen and oxygen atoms in total. The number of aromatic amines is 1. The second-order valence-corrected chi connectivity index (χ2v) is 7.79. The summed E-state index contributed by atoms with van der Waals surface area (Å²) in [6, 6.07) is 3.93. The molecular formula is C18H23N3O3. The molecule has 1 aliphatic heterocycles. The zero-order valence-corrected chi connectivity index (χ0v) is 14.3. The summed E-state index contributed by atoms with van der Waals surface area (Å²) in [6.07, 6.45) is 2.11. The lowest BCUT2D eigenvalue weighted by Gasteiger charge is -2.31. The fourth-order valence-corrected chi connectivity index (χ4v) is 3.46. The molecular weight excluding hydrogens is 306 g/mol. The molecule has 0 unspecified atom stereocenters. The molecule has 0 bridgehead atoms. The monoisotopic (exact) mass is 329 g/mol. The van der Waals surface area contributed by atoms with Crippen LogP contribution in [0.1, 0.15) is 38.3 Å². The van der Waals surface area contributed by atoms with E-state index in [1.165, 1.54) is 0 Å². The highest BCUT2D eigenvalue weighted by Gasteiger charge is 2.33. The second kappa shape index (κ2) is 5.92. The largest absolute Gasteiger partial charge is 0.481 e. The van der Waals surface area contributed by atoms with Crippen molar-refractivity contribution >= 4 is 22.8 Å². The Labute approximate surface area is 140 Å². The molecule has 3 rings (SSSR count). The van der Waals surface area contributed by atoms with Crippen LogP contribution in [0.25, 0.3) is 10.9 Å². The van der Waals surface area contributed by atoms with Crippen LogP contribution in [0.5, 0.6) is 0 Å². The fraction of sp³-hybridized carbons (Fsp3) is 0.500. The first kappa shape index (κ1) is 16.5. The van der Waals surface area contributed by atoms with Crippen LogP contribution in [-0.2, 0) is 22.6 Å². The summed E-state index contributed by atoms with van der Waals surface area (Å²) in [5, 5.41) is 17.3. The van der Waals surface area contributed by atoms with Gasteiger partial charge in [0.2, 0.25) is 5.91 Å². The number of carboxylic acid groups (broad SMARTS) is 1. The Morgan fingerprint density at radius 3 is 2.83 bits per heavy atom. The number of rotatable bonds is 3. The smallest absolute Gasteiger partial charge is 0.304 e. The molecule has 1 atom stereocenters. The Kier molecular flexibility index (Phi) is 4.07. The topological polar surface area (TPSA) is 86.3 Å². The molecule has 0 spiro atoms. The molecule has 6 heteroatoms. The van der Waals surface area contributed by atoms with Gasteiger partial charge in [0.05, 0.1) is 24.1 Å². The van der Waals surface area contributed by atoms with E-state index in [9.17, 15) is 14.7 Å². The molecule has 0 saturated heterocycles. The first-order valence-corrected chi connectivity index (χ1v) is 8.19. The van der Waals surface area contributed by atoms with E-state index in [2.05, 4.69) is 31.0 Å². The van der Waals surface area contributed by atoms with Crippen molar-refractivity contribution < 1.29 is 14.7 Å². The molecule has 24 heavy (non-hydrogen) atoms. The van der Waals surface area contributed by atoms with E-state index in [0.29, 0.717) is 19.5 Å². The lowest BCUT2D eigenvalue weighted by molar-refractivity contribution is -0.145. The molecule has 2 N–H and O–H groups in total. The summed E-state index contributed by atoms with van der Waals surface area (Å²) in [7, 11) is 0. The minimum atomic E-state index is -0.933. The standard InChI is InChI=1S/C18H23N3O3/c1-18(2,3)10-21-9-14-11(4-5-15-13(14)8-19-20-15)6-12(17(21)24)7-16(22)23/h4-5,8,12H,6-7,9-10H2,1-3H3,(H,19,20)(H,22,23)/t12-/m0/s1. The molecule has 128 valence electrons. The Hall–Kier alpha value is -2.37. The molecule has 0 saturated carbocycles. The molecule has 0 aliphatic carbocycles. The van der Waals surface area contributed by atoms with Gasteiger partial charge in [-0.3, -0.25) is 14.7 Å². The molecule has 1 aromatic carbocycles. The summed E-state index contributed by atoms with van der Waals surface area (Å²) in [4.78, 5) is 26.0. The summed E-state index contributed by atoms with van der Waals surface area (Å²) in [5.74, 6) is -1.52. The van der Waals surface area contributed by atoms with Gasteiger partial charge in [-0.25, -0.2) is 0 Å². The minimum Gasteiger partial charge on any atom is -0.481 e. The third-order valence-electron chi connectivity index (χ3n) is 4.40. The molecule has 2 aromatic rings. The van der Waals surface area contributed by atoms with E-state index < -0.39 is 11.9 Å². The first-order valence-electron chi connectivity index (χ1n) is 8.19. The number of carboxylic acids is 1. The van der Waals surface area contributed by atoms with Gasteiger partial charge in [-0.1, -0.05) is 26.8 Å². The Morgan fingerprint density at radius 1 is 1.42 bits per heavy atom. The van der Waals surface area contributed by atoms with Gasteiger partial charge in [-0.15, -0.1) is 0 Å². The quantitative estimate of drug-likeness (QED) is 0.906. The number of fused-ring (bicyclic) bond motifs is 3. The predicted octanol–water partition coefficient (Wildman–Crippen LogP) is 2.58. The van der Waals surface area contributed by atoms with Crippen molar-refractivity contribution in [2.75, 3.05) is 6.54 Å². The number of amides is 1. The zero-order chi connectivity index (χ0) is 17.5. The van der Waals surface area contributed by atoms with Gasteiger partial charge in [0.1, 0.15) is 0 Å². The highest BCUT2D eigenvalue weighted by molar-refractivity contribution is 5.87. The first-order chi connectivity index (χ1) is 11.2. The number of carbonyl (C=O) groups is 2. The van der Waals surface area contributed by atoms with Crippen molar-refractivity contribution in [1.82, 2.24) is 15.1 Å². The van der Waals surface area contributed by atoms with E-state index in [1.807, 2.05) is 17.0 Å². The second-order valence-electron chi connectivity index (χ2n) is 7.79. The number of aliphatic carboxylic acids is 1. The van der Waals surface area contributed by atoms with Gasteiger partial charge in [-0.05, 0) is 29.0 Å². The van der Waals surface area contributed by atoms with Crippen LogP contribution >= 0.6 is 0 Å². The number of nitrogens with zero attached hydrogens (tertiary/aromatic N) is 2. The number of benzene rings is 1. The highest BCUT2D eigenvalue weighted by atomic mass is 16.4. The maximum atomic E-state index is 12.9. The molecule has 1 aliphatic rings. The molecule has 0 fully saturated rings. The Bertz CT molecular complexity index is 788. The van der Waals surface area contributed by atoms with Gasteiger partial charge in [0.15, 0.2) is 0 Å². The minimum absolute atomic E-state index is 0.0573. The van der Waals surface area contributed by atoms with Crippen molar-refractivity contribution in [2.24, 2.45) is 11.3 Å². The van der Waals surface area contributed by atoms with Gasteiger partial charge in [0, 0.05) is 18.5 Å². The highest BCUT2D eigenvalue weighted by Crippen LogP contribution is 2.31. The van der Waals surface area contributed by atoms with E-state index in [-0.39, 0.29) is 17.7 Å². The lowest BCUT2D eigenvalue weighted by Crippen LogP contribution is -2.40. The summed E-state index contributed by atoms with van der Waals surface area (Å²) >= 11 is 0. The number of H-pyrrole nitrogens is 1. The summed E-state index contributed by atoms with van der Waals surface area (Å²) < 4.78 is 0. The van der Waals surface area contributed by atoms with E-state index in [0.717, 1.165) is 22.0 Å². The van der Waals surface area contributed by atoms with Gasteiger partial charge in [-0.2, -0.15) is 5.10 Å². The summed E-state index contributed by atoms with van der Waals surface area (Å²) in [6.45, 7) is 7.33. The van der Waals surface area contributed by atoms with Crippen LogP contribution in [0, 0.1) is 11.3 Å². The van der Waals surface area contributed by atoms with Gasteiger partial charge >= 0.3 is 5.97 Å². The summed E-state index contributed by atoms with van der Waals surface area (Å²) in [5.41, 5.74) is 3.00. The number of carbonyl (C=O) groups excluding carboxylic acids is 1. The number of aromatic nitrogens is 2. The van der Waals surface area contributed by atoms with Crippen LogP contribution in [0.2, 0.25) is 0 Å². The van der Waals surface area contributed by atoms with E-state index in [1.54, 1.807) is 6.20 Å². The SMILES string of the molecule is CC(C)(C)CN1Cc2c(ccc3[nH]ncc23)C[C@@H](CC(=O)O)C1=O. The molecule has 0 radical (unpaired) electrons. The number of hydrogen-bond acceptors (Lipinski definition) is 3. The Morgan fingerprint density at radius 2 is 2.17 bits per heavy atom. The van der Waals surface area contributed by atoms with Crippen molar-refractivity contribution in [3.63, 3.8) is 0 Å². The van der Waals surface area contributed by atoms with E-state index >= 15 is 0 Å². The number of hydrogen-bond donors (Lipinski definition) is 2. The normalized spacial score (nSPS) is 18.5. The Balaban J connectivity index is 2.06. The van der Waals surface area contributed by atoms with Crippen LogP contribution in [0.3, 0.4) is 0 Å². The van der Waals surface area contributed by atoms with Gasteiger partial charge in [0.25, 0.3) is 0 Å². The van der Waals surface area contributed by atoms with Crippen molar-refractivity contribution in [3.05, 3.63) is 29.5 Å². The zero-order valence-electron chi connectivity index (χ0n) is 14.3. The van der Waals surface area contributed by atoms with Crippen LogP contribution in [0.4, 0.5) is 0 Å². The third-order valence-corrected chi connectivity index (χ3v) is 4.40. The molecule has 2 heterocycles. The average molecular weight is 329 g/mol. The molecule has 1 aromatic heterocycles. The predicted molar refractivity (Wildman–Crippen MR) is 90.4 cm³/mol. The van der Waals surface area contributed by atoms with Crippen LogP contribution in [-0.4, -0.2) is 38.6 Å². The van der Waals surface area contributed by atoms with Crippen molar-refractivity contribution in [3.8, 4) is 0 Å². The maximum Gasteiger partial charge on any atom is 0.304 e. The average Bonchev–Trinajstić information content (AvgIpc) is 2.89. The van der Waals surface area contributed by atoms with Crippen LogP contribution in [0.15, 0.2) is 18.3 Å². The number of nitrogens with one attached hydrogen (secondary N) is 1. The lowest BCUT2D eigenvalue weighted by atomic mass is 9.93. The van der Waals surface area contributed by atoms with Crippen molar-refractivity contribution in [2.45, 2.75) is 40.2 Å². The van der Waals surface area contributed by atoms with E-state index in [4.69, 9.17) is 0 Å².